The summed E-state index contributed by atoms with van der Waals surface area (Å²) in [6.45, 7) is 6.04. The largest absolute Gasteiger partial charge is 1.00 e. The fourth-order valence-corrected chi connectivity index (χ4v) is 16.5. The second kappa shape index (κ2) is 50.0. The number of carbonyl (C=O) groups is 4. The van der Waals surface area contributed by atoms with Crippen molar-refractivity contribution in [2.45, 2.75) is 188 Å². The summed E-state index contributed by atoms with van der Waals surface area (Å²) in [5.41, 5.74) is 38.8. The average Bonchev–Trinajstić information content (AvgIpc) is 1.69. The predicted molar refractivity (Wildman–Crippen MR) is 471 cm³/mol. The number of esters is 1. The Morgan fingerprint density at radius 2 is 0.940 bits per heavy atom. The van der Waals surface area contributed by atoms with Gasteiger partial charge in [-0.1, -0.05) is 173 Å². The number of urea groups is 1. The van der Waals surface area contributed by atoms with Crippen molar-refractivity contribution in [3.05, 3.63) is 242 Å². The van der Waals surface area contributed by atoms with Crippen molar-refractivity contribution in [1.29, 1.82) is 5.26 Å². The van der Waals surface area contributed by atoms with Crippen LogP contribution in [0.4, 0.5) is 4.79 Å². The molecule has 5 unspecified atom stereocenters. The predicted octanol–water partition coefficient (Wildman–Crippen LogP) is 8.23. The maximum absolute atomic E-state index is 11.9. The first-order chi connectivity index (χ1) is 51.4. The Kier molecular flexibility index (Phi) is 46.7. The standard InChI is InChI=1S/C16H16N4O.C12H11BrN2O2.C12H13BrN2O.C12H14BrNO2.C11H14BrNO.C10H9BrO.C4H4BN2O2.CN.6CH4.B.K.Na.H/c17-15-20-16(9-21-15)4-3-11-1-2-12(5-13(11)6-16)14-7-18-10-19-8-14;13-9-2-1-7-3-4-12(6-8(7)5-9)10(16)14-11(17)15-12;13-10-2-1-8-3-4-12(6-9(8)5-10)7-16-11(14)15-12;1-16-11(15)12(14)5-4-8-2-3-10(13)6-9(8)7-12;12-10-2-1-8-3-4-11(13,7-14)6-9(8)5-10;11-9-3-1-7-2-4-10(12)6-8(7)5-9;8-5-9-4-1-6-3-7-2-4;1-2;;;;;;;;;;/h1-2,5,7-8,10H,3-4,6,9H2,(H2,17,20);1-2,5H,3-4,6H2,(H2,14,15,16,17);1-2,5H,3-4,6-7H2,(H2,14,15);2-3,6H,4-5,7,14H2,1H3;1-2,5,14H,3-4,6-7,13H2;1,3,5H,2,4,6H2;1-3,8H;;6*1H4;;;;/q;;;;;;;-1;;;;;;;;2*+1;-1. The number of aromatic nitrogens is 4. The van der Waals surface area contributed by atoms with E-state index in [1.165, 1.54) is 81.5 Å². The molecule has 5 atom stereocenters. The van der Waals surface area contributed by atoms with Gasteiger partial charge < -0.3 is 70.5 Å². The number of benzene rings is 6. The van der Waals surface area contributed by atoms with Crippen molar-refractivity contribution in [2.75, 3.05) is 26.9 Å². The molecule has 32 heteroatoms. The number of carbonyl (C=O) groups excluding carboxylic acids is 4. The first kappa shape index (κ1) is 108. The average molecular weight is 1940 g/mol. The van der Waals surface area contributed by atoms with Crippen LogP contribution in [0.15, 0.2) is 179 Å². The number of aliphatic hydroxyl groups excluding tert-OH is 1. The smallest absolute Gasteiger partial charge is 1.00 e. The second-order valence-corrected chi connectivity index (χ2v) is 32.2. The molecule has 116 heavy (non-hydrogen) atoms. The van der Waals surface area contributed by atoms with Crippen molar-refractivity contribution >= 4 is 131 Å². The number of halogens is 5. The molecule has 3 aliphatic heterocycles. The van der Waals surface area contributed by atoms with Gasteiger partial charge >= 0.3 is 101 Å². The van der Waals surface area contributed by atoms with Gasteiger partial charge in [-0.2, -0.15) is 0 Å². The van der Waals surface area contributed by atoms with Crippen LogP contribution in [0.5, 0.6) is 5.75 Å². The minimum Gasteiger partial charge on any atom is -1.00 e. The molecule has 0 bridgehead atoms. The molecule has 17 rings (SSSR count). The molecule has 2 aromatic heterocycles. The van der Waals surface area contributed by atoms with Crippen LogP contribution in [0.25, 0.3) is 11.1 Å². The van der Waals surface area contributed by atoms with Gasteiger partial charge in [-0.05, 0) is 210 Å². The molecule has 23 nitrogen and oxygen atoms in total. The molecule has 8 aromatic rings. The molecule has 6 aliphatic carbocycles. The number of aryl methyl sites for hydroxylation is 6. The fourth-order valence-electron chi connectivity index (χ4n) is 14.5. The monoisotopic (exact) mass is 1940 g/mol. The Hall–Kier alpha value is -5.60. The van der Waals surface area contributed by atoms with E-state index in [4.69, 9.17) is 54.0 Å². The van der Waals surface area contributed by atoms with Crippen LogP contribution in [0, 0.1) is 11.8 Å². The van der Waals surface area contributed by atoms with Gasteiger partial charge in [0.15, 0.2) is 0 Å². The van der Waals surface area contributed by atoms with Crippen molar-refractivity contribution in [3.8, 4) is 16.9 Å². The van der Waals surface area contributed by atoms with Gasteiger partial charge in [0.1, 0.15) is 59.6 Å². The number of methoxy groups -OCH3 is 1. The van der Waals surface area contributed by atoms with Crippen molar-refractivity contribution < 1.29 is 131 Å². The zero-order valence-corrected chi connectivity index (χ0v) is 74.4. The van der Waals surface area contributed by atoms with Gasteiger partial charge in [0.05, 0.1) is 26.1 Å². The van der Waals surface area contributed by atoms with Gasteiger partial charge in [-0.25, -0.2) is 34.7 Å². The Bertz CT molecular complexity index is 4660. The number of rotatable bonds is 5. The number of hydrogen-bond donors (Lipinski definition) is 8. The molecule has 0 saturated carbocycles. The molecule has 12 N–H and O–H groups in total. The van der Waals surface area contributed by atoms with Gasteiger partial charge in [0, 0.05) is 92.8 Å². The summed E-state index contributed by atoms with van der Waals surface area (Å²) in [5.74, 6) is 0.256. The summed E-state index contributed by atoms with van der Waals surface area (Å²) in [5, 5.41) is 28.7. The zero-order valence-electron chi connectivity index (χ0n) is 62.4. The molecule has 3 amide bonds. The van der Waals surface area contributed by atoms with Crippen LogP contribution in [-0.2, 0) is 106 Å². The molecule has 3 spiro atoms. The number of nitrogens with zero attached hydrogens (tertiary/aromatic N) is 7. The number of fused-ring (bicyclic) bond motifs is 6. The minimum atomic E-state index is -0.859. The van der Waals surface area contributed by atoms with Gasteiger partial charge in [0.2, 0.25) is 0 Å². The van der Waals surface area contributed by atoms with E-state index in [1.54, 1.807) is 6.33 Å². The number of nitrogens with one attached hydrogen (secondary N) is 2. The molecule has 4 radical (unpaired) electrons. The third-order valence-electron chi connectivity index (χ3n) is 20.2. The van der Waals surface area contributed by atoms with Gasteiger partial charge in [-0.15, -0.1) is 0 Å². The number of Topliss-reactive ketones (excluding diaryl/α,β-unsaturated/α-hetero) is 1. The topological polar surface area (TPSA) is 374 Å². The maximum Gasteiger partial charge on any atom is 1.00 e. The number of nitrogens with two attached hydrogens (primary N) is 4. The van der Waals surface area contributed by atoms with E-state index < -0.39 is 16.6 Å². The number of imide groups is 1. The van der Waals surface area contributed by atoms with Crippen LogP contribution in [0.2, 0.25) is 0 Å². The Balaban J connectivity index is 0.00000133. The third-order valence-corrected chi connectivity index (χ3v) is 22.6. The molecular formula is C84H106B2Br5KN13NaO10. The van der Waals surface area contributed by atoms with E-state index in [9.17, 15) is 24.3 Å². The summed E-state index contributed by atoms with van der Waals surface area (Å²) >= 11 is 17.2. The Labute approximate surface area is 795 Å². The number of ether oxygens (including phenoxy) is 3. The molecule has 6 aromatic carbocycles. The number of aliphatic hydroxyl groups is 1. The Morgan fingerprint density at radius 3 is 1.37 bits per heavy atom. The van der Waals surface area contributed by atoms with E-state index >= 15 is 0 Å². The summed E-state index contributed by atoms with van der Waals surface area (Å²) < 4.78 is 25.2. The van der Waals surface area contributed by atoms with Gasteiger partial charge in [0.25, 0.3) is 18.0 Å². The van der Waals surface area contributed by atoms with Crippen LogP contribution in [-0.4, -0.2) is 137 Å². The summed E-state index contributed by atoms with van der Waals surface area (Å²) in [6, 6.07) is 38.0. The van der Waals surface area contributed by atoms with Crippen molar-refractivity contribution in [3.63, 3.8) is 0 Å². The molecule has 5 heterocycles. The van der Waals surface area contributed by atoms with E-state index in [1.807, 2.05) is 48.8 Å². The molecule has 1 fully saturated rings. The summed E-state index contributed by atoms with van der Waals surface area (Å²) in [4.78, 5) is 70.3. The number of hydrogen-bond acceptors (Lipinski definition) is 21. The molecule has 9 aliphatic rings. The maximum atomic E-state index is 11.9. The third kappa shape index (κ3) is 29.1. The fraction of sp³-hybridized carbons (Fsp3) is 0.393. The van der Waals surface area contributed by atoms with E-state index in [-0.39, 0.29) is 171 Å². The van der Waals surface area contributed by atoms with E-state index in [0.717, 1.165) is 122 Å². The Morgan fingerprint density at radius 1 is 0.543 bits per heavy atom. The second-order valence-electron chi connectivity index (χ2n) is 27.7. The number of amidine groups is 2. The van der Waals surface area contributed by atoms with Gasteiger partial charge in [-0.3, -0.25) is 19.7 Å². The quantitative estimate of drug-likeness (QED) is 0.0348. The first-order valence-electron chi connectivity index (χ1n) is 34.6. The van der Waals surface area contributed by atoms with Crippen LogP contribution in [0.3, 0.4) is 0 Å². The summed E-state index contributed by atoms with van der Waals surface area (Å²) in [6.07, 6.45) is 24.3. The number of aliphatic imine (C=N–C) groups is 2. The molecule has 610 valence electrons. The zero-order chi connectivity index (χ0) is 76.5. The SMILES string of the molecule is C.C.C.C.C.C.COC(=O)C1(N)CCc2ccc(Br)cc2C1.NC1(CO)CCc2ccc(Br)cc2C1.NC1=NC2(CCc3ccc(-c4cncnc4)cc3C2)CO1.NC1=NC2(CCc3ccc(Br)cc3C2)CO1.O=C1CCc2ccc(Br)cc2C1.O=C1NC(=O)C2(CCc3ccc(Br)cc3C2)N1.O[B]Oc1cncnc1.[B].[C-]#N.[H-].[K+].[Na+]. The number of amides is 3. The minimum absolute atomic E-state index is 0. The van der Waals surface area contributed by atoms with Crippen molar-refractivity contribution in [1.82, 2.24) is 30.6 Å². The summed E-state index contributed by atoms with van der Waals surface area (Å²) in [7, 11) is 1.96. The van der Waals surface area contributed by atoms with E-state index in [0.29, 0.717) is 83.0 Å². The van der Waals surface area contributed by atoms with Crippen LogP contribution >= 0.6 is 79.6 Å². The molecular weight excluding hydrogens is 1830 g/mol. The van der Waals surface area contributed by atoms with Crippen LogP contribution in [0.1, 0.15) is 151 Å². The van der Waals surface area contributed by atoms with Crippen molar-refractivity contribution in [2.24, 2.45) is 32.9 Å². The number of ketones is 1. The first-order valence-corrected chi connectivity index (χ1v) is 38.6. The molecule has 1 saturated heterocycles. The normalized spacial score (nSPS) is 20.7. The van der Waals surface area contributed by atoms with Crippen LogP contribution < -0.4 is 119 Å². The van der Waals surface area contributed by atoms with E-state index in [2.05, 4.69) is 198 Å².